The van der Waals surface area contributed by atoms with Crippen molar-refractivity contribution in [3.05, 3.63) is 24.3 Å². The lowest BCUT2D eigenvalue weighted by Crippen LogP contribution is -2.04. The van der Waals surface area contributed by atoms with Crippen LogP contribution in [0.3, 0.4) is 0 Å². The quantitative estimate of drug-likeness (QED) is 0.191. The van der Waals surface area contributed by atoms with Crippen LogP contribution in [0.1, 0.15) is 111 Å². The van der Waals surface area contributed by atoms with Crippen LogP contribution in [-0.4, -0.2) is 22.2 Å². The zero-order chi connectivity index (χ0) is 22.7. The van der Waals surface area contributed by atoms with E-state index in [4.69, 9.17) is 10.2 Å². The predicted molar refractivity (Wildman–Crippen MR) is 123 cm³/mol. The molecule has 2 N–H and O–H groups in total. The van der Waals surface area contributed by atoms with E-state index in [1.54, 1.807) is 0 Å². The van der Waals surface area contributed by atoms with Crippen molar-refractivity contribution in [3.63, 3.8) is 0 Å². The fraction of sp³-hybridized carbons (Fsp3) is 0.760. The van der Waals surface area contributed by atoms with E-state index in [0.29, 0.717) is 29.9 Å². The Morgan fingerprint density at radius 1 is 0.724 bits per heavy atom. The van der Waals surface area contributed by atoms with Gasteiger partial charge in [0, 0.05) is 11.1 Å². The first kappa shape index (κ1) is 29.6. The Kier molecular flexibility index (Phi) is 20.1. The van der Waals surface area contributed by atoms with Gasteiger partial charge >= 0.3 is 11.9 Å². The molecule has 1 unspecified atom stereocenters. The normalized spacial score (nSPS) is 11.5. The van der Waals surface area contributed by atoms with E-state index < -0.39 is 11.9 Å². The second-order valence-corrected chi connectivity index (χ2v) is 8.47. The average Bonchev–Trinajstić information content (AvgIpc) is 2.67. The molecule has 170 valence electrons. The van der Waals surface area contributed by atoms with Crippen LogP contribution in [-0.2, 0) is 9.59 Å². The summed E-state index contributed by atoms with van der Waals surface area (Å²) in [6.07, 6.45) is 14.3. The number of carboxylic acids is 2. The third-order valence-electron chi connectivity index (χ3n) is 5.26. The third kappa shape index (κ3) is 21.0. The molecule has 0 aliphatic heterocycles. The van der Waals surface area contributed by atoms with Crippen molar-refractivity contribution in [1.82, 2.24) is 0 Å². The van der Waals surface area contributed by atoms with Crippen molar-refractivity contribution in [2.45, 2.75) is 111 Å². The van der Waals surface area contributed by atoms with Crippen molar-refractivity contribution in [3.8, 4) is 0 Å². The van der Waals surface area contributed by atoms with Gasteiger partial charge in [-0.15, -0.1) is 0 Å². The molecule has 0 spiro atoms. The molecule has 4 heteroatoms. The fourth-order valence-electron chi connectivity index (χ4n) is 3.06. The molecule has 29 heavy (non-hydrogen) atoms. The molecule has 0 aromatic carbocycles. The summed E-state index contributed by atoms with van der Waals surface area (Å²) >= 11 is 0. The van der Waals surface area contributed by atoms with Gasteiger partial charge in [-0.1, -0.05) is 98.6 Å². The number of hydrogen-bond donors (Lipinski definition) is 2. The molecule has 0 bridgehead atoms. The number of carbonyl (C=O) groups is 2. The standard InChI is InChI=1S/C13H24O2.C12H22O2/c1-11(2)9-7-5-4-6-8-10-12(3)13(14)15;1-4-6-7-11(5-2)9-8-10(3)12(13)14/h11H,3-10H2,1-2H3,(H,14,15);11H,3-9H2,1-2H3,(H,13,14). The van der Waals surface area contributed by atoms with Crippen LogP contribution in [0.4, 0.5) is 0 Å². The second kappa shape index (κ2) is 19.7. The Morgan fingerprint density at radius 3 is 1.72 bits per heavy atom. The first-order valence-electron chi connectivity index (χ1n) is 11.5. The van der Waals surface area contributed by atoms with Crippen LogP contribution in [0.2, 0.25) is 0 Å². The summed E-state index contributed by atoms with van der Waals surface area (Å²) < 4.78 is 0. The lowest BCUT2D eigenvalue weighted by atomic mass is 9.93. The first-order valence-corrected chi connectivity index (χ1v) is 11.5. The Balaban J connectivity index is 0. The highest BCUT2D eigenvalue weighted by Gasteiger charge is 2.09. The minimum absolute atomic E-state index is 0.345. The maximum Gasteiger partial charge on any atom is 0.330 e. The molecule has 0 saturated heterocycles. The zero-order valence-corrected chi connectivity index (χ0v) is 19.5. The number of unbranched alkanes of at least 4 members (excludes halogenated alkanes) is 5. The van der Waals surface area contributed by atoms with Gasteiger partial charge in [0.25, 0.3) is 0 Å². The lowest BCUT2D eigenvalue weighted by Gasteiger charge is -2.13. The molecule has 0 heterocycles. The number of rotatable bonds is 17. The van der Waals surface area contributed by atoms with E-state index in [0.717, 1.165) is 31.6 Å². The number of aliphatic carboxylic acids is 2. The monoisotopic (exact) mass is 410 g/mol. The summed E-state index contributed by atoms with van der Waals surface area (Å²) in [5, 5.41) is 17.2. The maximum absolute atomic E-state index is 10.5. The largest absolute Gasteiger partial charge is 0.478 e. The predicted octanol–water partition coefficient (Wildman–Crippen LogP) is 7.64. The highest BCUT2D eigenvalue weighted by Crippen LogP contribution is 2.20. The van der Waals surface area contributed by atoms with Gasteiger partial charge in [0.15, 0.2) is 0 Å². The Labute approximate surface area is 179 Å². The van der Waals surface area contributed by atoms with Crippen molar-refractivity contribution in [2.24, 2.45) is 11.8 Å². The smallest absolute Gasteiger partial charge is 0.330 e. The topological polar surface area (TPSA) is 74.6 Å². The van der Waals surface area contributed by atoms with Gasteiger partial charge in [-0.2, -0.15) is 0 Å². The second-order valence-electron chi connectivity index (χ2n) is 8.47. The minimum Gasteiger partial charge on any atom is -0.478 e. The van der Waals surface area contributed by atoms with E-state index in [9.17, 15) is 9.59 Å². The van der Waals surface area contributed by atoms with E-state index in [1.807, 2.05) is 0 Å². The molecule has 0 rings (SSSR count). The zero-order valence-electron chi connectivity index (χ0n) is 19.5. The highest BCUT2D eigenvalue weighted by molar-refractivity contribution is 5.85. The molecule has 0 amide bonds. The molecule has 0 saturated carbocycles. The van der Waals surface area contributed by atoms with Gasteiger partial charge in [-0.25, -0.2) is 9.59 Å². The van der Waals surface area contributed by atoms with Crippen LogP contribution in [0.15, 0.2) is 24.3 Å². The van der Waals surface area contributed by atoms with E-state index in [1.165, 1.54) is 44.9 Å². The van der Waals surface area contributed by atoms with Crippen molar-refractivity contribution in [2.75, 3.05) is 0 Å². The fourth-order valence-corrected chi connectivity index (χ4v) is 3.06. The summed E-state index contributed by atoms with van der Waals surface area (Å²) in [7, 11) is 0. The number of hydrogen-bond acceptors (Lipinski definition) is 2. The molecule has 4 nitrogen and oxygen atoms in total. The molecular formula is C25H46O4. The molecule has 0 aromatic heterocycles. The summed E-state index contributed by atoms with van der Waals surface area (Å²) in [5.74, 6) is -0.229. The minimum atomic E-state index is -0.852. The van der Waals surface area contributed by atoms with Crippen LogP contribution < -0.4 is 0 Å². The van der Waals surface area contributed by atoms with Crippen LogP contribution in [0.5, 0.6) is 0 Å². The summed E-state index contributed by atoms with van der Waals surface area (Å²) in [5.41, 5.74) is 0.692. The molecular weight excluding hydrogens is 364 g/mol. The first-order chi connectivity index (χ1) is 13.6. The van der Waals surface area contributed by atoms with Crippen molar-refractivity contribution >= 4 is 11.9 Å². The molecule has 0 radical (unpaired) electrons. The Hall–Kier alpha value is -1.58. The highest BCUT2D eigenvalue weighted by atomic mass is 16.4. The lowest BCUT2D eigenvalue weighted by molar-refractivity contribution is -0.133. The van der Waals surface area contributed by atoms with Gasteiger partial charge in [0.1, 0.15) is 0 Å². The molecule has 1 atom stereocenters. The van der Waals surface area contributed by atoms with Crippen LogP contribution in [0.25, 0.3) is 0 Å². The maximum atomic E-state index is 10.5. The van der Waals surface area contributed by atoms with Crippen molar-refractivity contribution in [1.29, 1.82) is 0 Å². The SMILES string of the molecule is C=C(CCC(CC)CCCC)C(=O)O.C=C(CCCCCCCC(C)C)C(=O)O. The van der Waals surface area contributed by atoms with E-state index in [2.05, 4.69) is 40.9 Å². The summed E-state index contributed by atoms with van der Waals surface area (Å²) in [4.78, 5) is 21.0. The van der Waals surface area contributed by atoms with Crippen molar-refractivity contribution < 1.29 is 19.8 Å². The third-order valence-corrected chi connectivity index (χ3v) is 5.26. The Morgan fingerprint density at radius 2 is 1.24 bits per heavy atom. The van der Waals surface area contributed by atoms with Gasteiger partial charge in [0.05, 0.1) is 0 Å². The van der Waals surface area contributed by atoms with Gasteiger partial charge in [-0.05, 0) is 37.5 Å². The summed E-state index contributed by atoms with van der Waals surface area (Å²) in [6.45, 7) is 15.9. The molecule has 0 fully saturated rings. The molecule has 0 aliphatic rings. The van der Waals surface area contributed by atoms with E-state index >= 15 is 0 Å². The van der Waals surface area contributed by atoms with Gasteiger partial charge in [-0.3, -0.25) is 0 Å². The van der Waals surface area contributed by atoms with Crippen LogP contribution >= 0.6 is 0 Å². The average molecular weight is 411 g/mol. The molecule has 0 aliphatic carbocycles. The van der Waals surface area contributed by atoms with Gasteiger partial charge < -0.3 is 10.2 Å². The Bertz CT molecular complexity index is 465. The van der Waals surface area contributed by atoms with Crippen LogP contribution in [0, 0.1) is 11.8 Å². The summed E-state index contributed by atoms with van der Waals surface area (Å²) in [6, 6.07) is 0. The molecule has 0 aromatic rings. The van der Waals surface area contributed by atoms with Gasteiger partial charge in [0.2, 0.25) is 0 Å². The van der Waals surface area contributed by atoms with E-state index in [-0.39, 0.29) is 0 Å². The number of carboxylic acid groups (broad SMARTS) is 2.